The molecule has 11 atom stereocenters. The topological polar surface area (TPSA) is 210 Å². The van der Waals surface area contributed by atoms with Gasteiger partial charge in [-0.15, -0.1) is 0 Å². The van der Waals surface area contributed by atoms with E-state index in [2.05, 4.69) is 5.32 Å². The van der Waals surface area contributed by atoms with E-state index in [1.165, 1.54) is 26.0 Å². The zero-order valence-electron chi connectivity index (χ0n) is 40.5. The summed E-state index contributed by atoms with van der Waals surface area (Å²) in [4.78, 5) is 85.6. The van der Waals surface area contributed by atoms with E-state index in [0.29, 0.717) is 29.3 Å². The Morgan fingerprint density at radius 3 is 2.01 bits per heavy atom. The standard InChI is InChI=1S/C51H67NO14Si/c1-12-29(5)45(57)52-39(33-22-18-16-19-23-33)41(66-67(13-2,14-3)15-4)47(59)63-35-27-51(60)44(64-46(58)34-24-20-17-21-25-34)42-49(11,36(55)26-37-50(42,28-61-37)65-32(8)54)43(56)40(62-31(7)53)38(30(35)6)48(51,9)10/h12,16-25,35-37,39-42,44,55,60H,13-15,26-28H2,1-11H3,(H,52,57)/b29-12+/t35-,36-,37+,39-,40+,41+,42?,44?,49+,50-,51+/m0/s1. The van der Waals surface area contributed by atoms with Gasteiger partial charge < -0.3 is 43.6 Å². The number of carbonyl (C=O) groups is 6. The van der Waals surface area contributed by atoms with Crippen LogP contribution in [0.2, 0.25) is 18.1 Å². The molecule has 3 aliphatic carbocycles. The lowest BCUT2D eigenvalue weighted by Crippen LogP contribution is -2.82. The van der Waals surface area contributed by atoms with Gasteiger partial charge in [0.15, 0.2) is 31.9 Å². The quantitative estimate of drug-likeness (QED) is 0.0579. The third-order valence-electron chi connectivity index (χ3n) is 15.5. The van der Waals surface area contributed by atoms with Crippen LogP contribution in [0, 0.1) is 16.7 Å². The van der Waals surface area contributed by atoms with Crippen LogP contribution in [0.4, 0.5) is 0 Å². The minimum Gasteiger partial charge on any atom is -0.456 e. The highest BCUT2D eigenvalue weighted by molar-refractivity contribution is 6.73. The molecule has 0 spiro atoms. The molecule has 15 nitrogen and oxygen atoms in total. The third kappa shape index (κ3) is 8.95. The number of allylic oxidation sites excluding steroid dienone is 1. The fourth-order valence-corrected chi connectivity index (χ4v) is 13.9. The molecular formula is C51H67NO14Si. The number of aliphatic hydroxyl groups is 2. The molecule has 1 saturated heterocycles. The molecule has 364 valence electrons. The zero-order chi connectivity index (χ0) is 49.4. The van der Waals surface area contributed by atoms with Crippen LogP contribution in [0.25, 0.3) is 0 Å². The van der Waals surface area contributed by atoms with Crippen LogP contribution in [-0.2, 0) is 52.1 Å². The molecule has 2 unspecified atom stereocenters. The van der Waals surface area contributed by atoms with Crippen molar-refractivity contribution >= 4 is 43.9 Å². The Morgan fingerprint density at radius 1 is 0.896 bits per heavy atom. The summed E-state index contributed by atoms with van der Waals surface area (Å²) in [6.45, 7) is 17.7. The number of Topliss-reactive ketones (excluding diaryl/α,β-unsaturated/α-hetero) is 1. The molecule has 2 aromatic carbocycles. The molecule has 3 fully saturated rings. The maximum Gasteiger partial charge on any atom is 0.338 e. The normalized spacial score (nSPS) is 31.0. The summed E-state index contributed by atoms with van der Waals surface area (Å²) in [6.07, 6.45) is -7.97. The summed E-state index contributed by atoms with van der Waals surface area (Å²) in [5.41, 5.74) is -6.39. The van der Waals surface area contributed by atoms with Crippen LogP contribution in [0.5, 0.6) is 0 Å². The predicted octanol–water partition coefficient (Wildman–Crippen LogP) is 6.42. The number of hydrogen-bond acceptors (Lipinski definition) is 14. The van der Waals surface area contributed by atoms with Crippen LogP contribution in [0.3, 0.4) is 0 Å². The van der Waals surface area contributed by atoms with Crippen LogP contribution in [0.1, 0.15) is 111 Å². The van der Waals surface area contributed by atoms with Crippen LogP contribution in [0.15, 0.2) is 83.5 Å². The smallest absolute Gasteiger partial charge is 0.338 e. The Labute approximate surface area is 394 Å². The molecule has 4 aliphatic rings. The van der Waals surface area contributed by atoms with Crippen molar-refractivity contribution in [3.8, 4) is 0 Å². The van der Waals surface area contributed by atoms with Crippen molar-refractivity contribution in [1.82, 2.24) is 5.32 Å². The van der Waals surface area contributed by atoms with Gasteiger partial charge in [-0.1, -0.05) is 89.2 Å². The summed E-state index contributed by atoms with van der Waals surface area (Å²) < 4.78 is 38.2. The molecule has 0 radical (unpaired) electrons. The van der Waals surface area contributed by atoms with Gasteiger partial charge in [0, 0.05) is 37.7 Å². The molecule has 2 aromatic rings. The van der Waals surface area contributed by atoms with Gasteiger partial charge in [-0.05, 0) is 74.7 Å². The second-order valence-corrected chi connectivity index (χ2v) is 24.0. The lowest BCUT2D eigenvalue weighted by molar-refractivity contribution is -0.346. The van der Waals surface area contributed by atoms with E-state index in [-0.39, 0.29) is 29.7 Å². The van der Waals surface area contributed by atoms with E-state index in [1.807, 2.05) is 26.8 Å². The SMILES string of the molecule is C/C=C(\C)C(=O)N[C@@H](c1ccccc1)[C@@H](O[Si](CC)(CC)CC)C(=O)O[C@H]1C[C@@]2(O)C(OC(=O)c3ccccc3)C3[C@](C)(C(=O)[C@H](OC(C)=O)C(=C1C)C2(C)C)[C@@H](O)C[C@H]1OC[C@@]31OC(C)=O. The first-order valence-corrected chi connectivity index (χ1v) is 25.8. The molecule has 2 bridgehead atoms. The van der Waals surface area contributed by atoms with Crippen LogP contribution >= 0.6 is 0 Å². The maximum absolute atomic E-state index is 15.7. The molecule has 67 heavy (non-hydrogen) atoms. The minimum atomic E-state index is -2.71. The van der Waals surface area contributed by atoms with Gasteiger partial charge >= 0.3 is 23.9 Å². The molecule has 1 amide bonds. The Morgan fingerprint density at radius 2 is 1.49 bits per heavy atom. The molecule has 3 N–H and O–H groups in total. The number of ketones is 1. The highest BCUT2D eigenvalue weighted by atomic mass is 28.4. The number of ether oxygens (including phenoxy) is 5. The number of carbonyl (C=O) groups excluding carboxylic acids is 6. The van der Waals surface area contributed by atoms with E-state index >= 15 is 9.59 Å². The molecule has 1 aliphatic heterocycles. The predicted molar refractivity (Wildman–Crippen MR) is 247 cm³/mol. The van der Waals surface area contributed by atoms with Gasteiger partial charge in [-0.3, -0.25) is 19.2 Å². The van der Waals surface area contributed by atoms with Gasteiger partial charge in [-0.25, -0.2) is 9.59 Å². The molecule has 0 aromatic heterocycles. The highest BCUT2D eigenvalue weighted by Crippen LogP contribution is 2.64. The van der Waals surface area contributed by atoms with E-state index in [0.717, 1.165) is 6.92 Å². The number of hydrogen-bond donors (Lipinski definition) is 3. The Balaban J connectivity index is 1.61. The molecule has 1 heterocycles. The summed E-state index contributed by atoms with van der Waals surface area (Å²) in [7, 11) is -2.71. The second kappa shape index (κ2) is 19.5. The lowest BCUT2D eigenvalue weighted by Gasteiger charge is -2.67. The van der Waals surface area contributed by atoms with Gasteiger partial charge in [0.2, 0.25) is 5.91 Å². The number of aliphatic hydroxyl groups excluding tert-OH is 1. The fraction of sp³-hybridized carbons (Fsp3) is 0.569. The van der Waals surface area contributed by atoms with Gasteiger partial charge in [0.25, 0.3) is 0 Å². The maximum atomic E-state index is 15.7. The summed E-state index contributed by atoms with van der Waals surface area (Å²) in [5.74, 6) is -6.19. The van der Waals surface area contributed by atoms with Crippen molar-refractivity contribution in [1.29, 1.82) is 0 Å². The van der Waals surface area contributed by atoms with Crippen molar-refractivity contribution in [3.05, 3.63) is 94.6 Å². The summed E-state index contributed by atoms with van der Waals surface area (Å²) in [5, 5.41) is 29.2. The van der Waals surface area contributed by atoms with Crippen molar-refractivity contribution in [2.24, 2.45) is 16.7 Å². The summed E-state index contributed by atoms with van der Waals surface area (Å²) in [6, 6.07) is 17.8. The highest BCUT2D eigenvalue weighted by Gasteiger charge is 2.78. The van der Waals surface area contributed by atoms with Crippen LogP contribution in [-0.4, -0.2) is 109 Å². The first-order valence-electron chi connectivity index (χ1n) is 23.3. The first kappa shape index (κ1) is 51.4. The summed E-state index contributed by atoms with van der Waals surface area (Å²) >= 11 is 0. The Kier molecular flexibility index (Phi) is 15.0. The van der Waals surface area contributed by atoms with Crippen LogP contribution < -0.4 is 5.32 Å². The van der Waals surface area contributed by atoms with Gasteiger partial charge in [0.05, 0.1) is 35.6 Å². The Hall–Kier alpha value is -5.00. The van der Waals surface area contributed by atoms with Crippen molar-refractivity contribution in [2.45, 2.75) is 161 Å². The number of amides is 1. The molecule has 6 rings (SSSR count). The fourth-order valence-electron chi connectivity index (χ4n) is 11.1. The molecule has 16 heteroatoms. The number of fused-ring (bicyclic) bond motifs is 5. The zero-order valence-corrected chi connectivity index (χ0v) is 41.5. The monoisotopic (exact) mass is 945 g/mol. The third-order valence-corrected chi connectivity index (χ3v) is 20.1. The van der Waals surface area contributed by atoms with Crippen molar-refractivity contribution in [2.75, 3.05) is 6.61 Å². The second-order valence-electron chi connectivity index (χ2n) is 19.3. The van der Waals surface area contributed by atoms with Gasteiger partial charge in [-0.2, -0.15) is 0 Å². The molecule has 2 saturated carbocycles. The molecular weight excluding hydrogens is 879 g/mol. The van der Waals surface area contributed by atoms with E-state index in [9.17, 15) is 29.4 Å². The van der Waals surface area contributed by atoms with Gasteiger partial charge in [0.1, 0.15) is 23.9 Å². The first-order chi connectivity index (χ1) is 31.5. The van der Waals surface area contributed by atoms with Crippen molar-refractivity contribution < 1.29 is 67.1 Å². The average molecular weight is 946 g/mol. The lowest BCUT2D eigenvalue weighted by atomic mass is 9.44. The number of nitrogens with one attached hydrogen (secondary N) is 1. The minimum absolute atomic E-state index is 0.0638. The number of rotatable bonds is 15. The number of benzene rings is 2. The van der Waals surface area contributed by atoms with E-state index < -0.39 is 121 Å². The van der Waals surface area contributed by atoms with E-state index in [4.69, 9.17) is 28.1 Å². The number of esters is 4. The largest absolute Gasteiger partial charge is 0.456 e. The average Bonchev–Trinajstić information content (AvgIpc) is 3.29. The van der Waals surface area contributed by atoms with Crippen molar-refractivity contribution in [3.63, 3.8) is 0 Å². The Bertz CT molecular complexity index is 2280. The van der Waals surface area contributed by atoms with E-state index in [1.54, 1.807) is 83.2 Å².